The van der Waals surface area contributed by atoms with E-state index in [4.69, 9.17) is 0 Å². The zero-order valence-corrected chi connectivity index (χ0v) is 12.7. The Kier molecular flexibility index (Phi) is 3.82. The lowest BCUT2D eigenvalue weighted by atomic mass is 9.87. The SMILES string of the molecule is CN(CC1CC2CCC1C2)C1CCCCC1Br. The predicted molar refractivity (Wildman–Crippen MR) is 76.5 cm³/mol. The largest absolute Gasteiger partial charge is 0.302 e. The topological polar surface area (TPSA) is 3.24 Å². The third-order valence-electron chi connectivity index (χ3n) is 5.62. The molecule has 5 unspecified atom stereocenters. The van der Waals surface area contributed by atoms with Gasteiger partial charge in [-0.2, -0.15) is 0 Å². The molecule has 0 aromatic heterocycles. The van der Waals surface area contributed by atoms with E-state index < -0.39 is 0 Å². The molecule has 0 amide bonds. The summed E-state index contributed by atoms with van der Waals surface area (Å²) in [7, 11) is 2.37. The molecule has 0 saturated heterocycles. The van der Waals surface area contributed by atoms with Crippen molar-refractivity contribution in [2.75, 3.05) is 13.6 Å². The molecule has 98 valence electrons. The molecule has 2 bridgehead atoms. The van der Waals surface area contributed by atoms with Crippen molar-refractivity contribution < 1.29 is 0 Å². The number of halogens is 1. The maximum atomic E-state index is 3.90. The van der Waals surface area contributed by atoms with Crippen LogP contribution in [0.4, 0.5) is 0 Å². The molecule has 5 atom stereocenters. The summed E-state index contributed by atoms with van der Waals surface area (Å²) in [6.45, 7) is 1.37. The van der Waals surface area contributed by atoms with Crippen molar-refractivity contribution in [3.05, 3.63) is 0 Å². The fourth-order valence-corrected chi connectivity index (χ4v) is 5.66. The van der Waals surface area contributed by atoms with Crippen LogP contribution in [0.3, 0.4) is 0 Å². The molecule has 0 aromatic carbocycles. The number of nitrogens with zero attached hydrogens (tertiary/aromatic N) is 1. The van der Waals surface area contributed by atoms with Crippen molar-refractivity contribution in [1.29, 1.82) is 0 Å². The molecule has 0 heterocycles. The summed E-state index contributed by atoms with van der Waals surface area (Å²) < 4.78 is 0. The van der Waals surface area contributed by atoms with Crippen molar-refractivity contribution in [3.63, 3.8) is 0 Å². The lowest BCUT2D eigenvalue weighted by molar-refractivity contribution is 0.149. The maximum absolute atomic E-state index is 3.90. The molecule has 3 aliphatic carbocycles. The molecular weight excluding hydrogens is 274 g/mol. The lowest BCUT2D eigenvalue weighted by Crippen LogP contribution is -2.43. The fraction of sp³-hybridized carbons (Fsp3) is 1.00. The molecule has 0 N–H and O–H groups in total. The van der Waals surface area contributed by atoms with E-state index in [1.165, 1.54) is 51.5 Å². The predicted octanol–water partition coefficient (Wildman–Crippen LogP) is 4.06. The van der Waals surface area contributed by atoms with Crippen LogP contribution in [0.15, 0.2) is 0 Å². The van der Waals surface area contributed by atoms with Gasteiger partial charge in [-0.05, 0) is 56.9 Å². The molecule has 0 aliphatic heterocycles. The quantitative estimate of drug-likeness (QED) is 0.710. The second-order valence-electron chi connectivity index (χ2n) is 6.74. The Morgan fingerprint density at radius 2 is 1.88 bits per heavy atom. The highest BCUT2D eigenvalue weighted by molar-refractivity contribution is 9.09. The summed E-state index contributed by atoms with van der Waals surface area (Å²) in [5.41, 5.74) is 0. The Labute approximate surface area is 114 Å². The van der Waals surface area contributed by atoms with Crippen molar-refractivity contribution in [2.24, 2.45) is 17.8 Å². The minimum absolute atomic E-state index is 0.750. The molecule has 3 rings (SSSR count). The summed E-state index contributed by atoms with van der Waals surface area (Å²) in [6.07, 6.45) is 11.8. The van der Waals surface area contributed by atoms with Gasteiger partial charge in [0.1, 0.15) is 0 Å². The fourth-order valence-electron chi connectivity index (χ4n) is 4.67. The number of hydrogen-bond acceptors (Lipinski definition) is 1. The molecule has 0 radical (unpaired) electrons. The van der Waals surface area contributed by atoms with Crippen molar-refractivity contribution in [1.82, 2.24) is 4.90 Å². The average molecular weight is 300 g/mol. The van der Waals surface area contributed by atoms with Gasteiger partial charge in [-0.3, -0.25) is 0 Å². The molecule has 1 nitrogen and oxygen atoms in total. The van der Waals surface area contributed by atoms with Crippen LogP contribution in [0.25, 0.3) is 0 Å². The van der Waals surface area contributed by atoms with Crippen LogP contribution in [-0.4, -0.2) is 29.4 Å². The van der Waals surface area contributed by atoms with E-state index >= 15 is 0 Å². The van der Waals surface area contributed by atoms with Crippen LogP contribution in [-0.2, 0) is 0 Å². The van der Waals surface area contributed by atoms with Gasteiger partial charge in [0.15, 0.2) is 0 Å². The molecule has 17 heavy (non-hydrogen) atoms. The Hall–Kier alpha value is 0.440. The van der Waals surface area contributed by atoms with E-state index in [1.54, 1.807) is 6.42 Å². The molecular formula is C15H26BrN. The second kappa shape index (κ2) is 5.21. The summed E-state index contributed by atoms with van der Waals surface area (Å²) in [5, 5.41) is 0. The van der Waals surface area contributed by atoms with E-state index in [1.807, 2.05) is 0 Å². The normalized spacial score (nSPS) is 45.7. The lowest BCUT2D eigenvalue weighted by Gasteiger charge is -2.38. The molecule has 3 fully saturated rings. The molecule has 3 aliphatic rings. The third-order valence-corrected chi connectivity index (χ3v) is 6.69. The Balaban J connectivity index is 1.54. The number of alkyl halides is 1. The number of hydrogen-bond donors (Lipinski definition) is 0. The van der Waals surface area contributed by atoms with Gasteiger partial charge in [-0.15, -0.1) is 0 Å². The standard InChI is InChI=1S/C15H26BrN/c1-17(15-5-3-2-4-14(15)16)10-13-9-11-6-7-12(13)8-11/h11-15H,2-10H2,1H3. The van der Waals surface area contributed by atoms with Crippen LogP contribution < -0.4 is 0 Å². The van der Waals surface area contributed by atoms with E-state index in [0.29, 0.717) is 0 Å². The highest BCUT2D eigenvalue weighted by Crippen LogP contribution is 2.48. The van der Waals surface area contributed by atoms with E-state index in [9.17, 15) is 0 Å². The molecule has 0 aromatic rings. The van der Waals surface area contributed by atoms with Gasteiger partial charge in [0.2, 0.25) is 0 Å². The van der Waals surface area contributed by atoms with Gasteiger partial charge >= 0.3 is 0 Å². The first kappa shape index (κ1) is 12.5. The number of rotatable bonds is 3. The minimum atomic E-state index is 0.750. The smallest absolute Gasteiger partial charge is 0.0301 e. The maximum Gasteiger partial charge on any atom is 0.0301 e. The highest BCUT2D eigenvalue weighted by Gasteiger charge is 2.40. The van der Waals surface area contributed by atoms with Crippen molar-refractivity contribution >= 4 is 15.9 Å². The summed E-state index contributed by atoms with van der Waals surface area (Å²) >= 11 is 3.90. The average Bonchev–Trinajstić information content (AvgIpc) is 2.91. The van der Waals surface area contributed by atoms with Gasteiger partial charge < -0.3 is 4.90 Å². The van der Waals surface area contributed by atoms with Crippen LogP contribution in [0.2, 0.25) is 0 Å². The monoisotopic (exact) mass is 299 g/mol. The molecule has 2 heteroatoms. The van der Waals surface area contributed by atoms with E-state index in [0.717, 1.165) is 28.6 Å². The third kappa shape index (κ3) is 2.58. The minimum Gasteiger partial charge on any atom is -0.302 e. The van der Waals surface area contributed by atoms with Gasteiger partial charge in [0, 0.05) is 17.4 Å². The van der Waals surface area contributed by atoms with Crippen molar-refractivity contribution in [3.8, 4) is 0 Å². The molecule has 3 saturated carbocycles. The van der Waals surface area contributed by atoms with Gasteiger partial charge in [0.25, 0.3) is 0 Å². The van der Waals surface area contributed by atoms with Crippen LogP contribution in [0, 0.1) is 17.8 Å². The Morgan fingerprint density at radius 1 is 1.06 bits per heavy atom. The second-order valence-corrected chi connectivity index (χ2v) is 7.92. The Morgan fingerprint density at radius 3 is 2.53 bits per heavy atom. The first-order valence-electron chi connectivity index (χ1n) is 7.58. The summed E-state index contributed by atoms with van der Waals surface area (Å²) in [6, 6.07) is 0.808. The highest BCUT2D eigenvalue weighted by atomic mass is 79.9. The van der Waals surface area contributed by atoms with Crippen LogP contribution >= 0.6 is 15.9 Å². The zero-order chi connectivity index (χ0) is 11.8. The van der Waals surface area contributed by atoms with Crippen LogP contribution in [0.5, 0.6) is 0 Å². The molecule has 0 spiro atoms. The first-order valence-corrected chi connectivity index (χ1v) is 8.50. The zero-order valence-electron chi connectivity index (χ0n) is 11.1. The first-order chi connectivity index (χ1) is 8.24. The summed E-state index contributed by atoms with van der Waals surface area (Å²) in [5.74, 6) is 3.21. The number of fused-ring (bicyclic) bond motifs is 2. The summed E-state index contributed by atoms with van der Waals surface area (Å²) in [4.78, 5) is 3.43. The van der Waals surface area contributed by atoms with Gasteiger partial charge in [0.05, 0.1) is 0 Å². The van der Waals surface area contributed by atoms with Crippen LogP contribution in [0.1, 0.15) is 51.4 Å². The van der Waals surface area contributed by atoms with E-state index in [2.05, 4.69) is 27.9 Å². The van der Waals surface area contributed by atoms with Crippen molar-refractivity contribution in [2.45, 2.75) is 62.2 Å². The van der Waals surface area contributed by atoms with E-state index in [-0.39, 0.29) is 0 Å². The Bertz CT molecular complexity index is 268. The van der Waals surface area contributed by atoms with Gasteiger partial charge in [-0.25, -0.2) is 0 Å². The van der Waals surface area contributed by atoms with Gasteiger partial charge in [-0.1, -0.05) is 35.2 Å².